The van der Waals surface area contributed by atoms with Gasteiger partial charge < -0.3 is 4.74 Å². The maximum Gasteiger partial charge on any atom is 0.412 e. The molecule has 2 rings (SSSR count). The van der Waals surface area contributed by atoms with E-state index in [1.165, 1.54) is 5.56 Å². The normalized spacial score (nSPS) is 20.5. The number of alkyl carbamates (subject to hydrolysis) is 1. The van der Waals surface area contributed by atoms with E-state index >= 15 is 0 Å². The van der Waals surface area contributed by atoms with Crippen LogP contribution in [-0.4, -0.2) is 12.2 Å². The Bertz CT molecular complexity index is 485. The zero-order chi connectivity index (χ0) is 14.4. The van der Waals surface area contributed by atoms with Gasteiger partial charge in [-0.1, -0.05) is 55.3 Å². The van der Waals surface area contributed by atoms with Gasteiger partial charge in [0.2, 0.25) is 0 Å². The largest absolute Gasteiger partial charge is 0.440 e. The first-order valence-corrected chi connectivity index (χ1v) is 7.48. The SMILES string of the molecule is CCCC/C(Cl)=C1\NC(=O)OC1CCc1ccccc1. The Labute approximate surface area is 125 Å². The van der Waals surface area contributed by atoms with Crippen molar-refractivity contribution in [1.82, 2.24) is 5.32 Å². The predicted octanol–water partition coefficient (Wildman–Crippen LogP) is 4.37. The van der Waals surface area contributed by atoms with Crippen LogP contribution >= 0.6 is 11.6 Å². The van der Waals surface area contributed by atoms with Crippen LogP contribution in [0.2, 0.25) is 0 Å². The molecule has 0 spiro atoms. The van der Waals surface area contributed by atoms with Crippen molar-refractivity contribution in [1.29, 1.82) is 0 Å². The van der Waals surface area contributed by atoms with Gasteiger partial charge in [-0.2, -0.15) is 0 Å². The number of aryl methyl sites for hydroxylation is 1. The molecule has 108 valence electrons. The first kappa shape index (κ1) is 14.9. The van der Waals surface area contributed by atoms with Crippen molar-refractivity contribution < 1.29 is 9.53 Å². The third kappa shape index (κ3) is 4.01. The number of carbonyl (C=O) groups excluding carboxylic acids is 1. The molecule has 0 radical (unpaired) electrons. The molecule has 1 aromatic carbocycles. The first-order valence-electron chi connectivity index (χ1n) is 7.10. The van der Waals surface area contributed by atoms with Crippen LogP contribution in [0.15, 0.2) is 41.1 Å². The number of amides is 1. The van der Waals surface area contributed by atoms with Crippen LogP contribution in [-0.2, 0) is 11.2 Å². The Kier molecular flexibility index (Phi) is 5.48. The molecule has 0 saturated carbocycles. The fraction of sp³-hybridized carbons (Fsp3) is 0.438. The Morgan fingerprint density at radius 1 is 1.35 bits per heavy atom. The van der Waals surface area contributed by atoms with Crippen molar-refractivity contribution in [2.75, 3.05) is 0 Å². The maximum absolute atomic E-state index is 11.4. The van der Waals surface area contributed by atoms with E-state index in [-0.39, 0.29) is 6.10 Å². The van der Waals surface area contributed by atoms with Gasteiger partial charge in [-0.25, -0.2) is 4.79 Å². The summed E-state index contributed by atoms with van der Waals surface area (Å²) in [4.78, 5) is 11.4. The fourth-order valence-corrected chi connectivity index (χ4v) is 2.57. The lowest BCUT2D eigenvalue weighted by Crippen LogP contribution is -2.15. The average molecular weight is 294 g/mol. The van der Waals surface area contributed by atoms with Gasteiger partial charge in [-0.3, -0.25) is 5.32 Å². The number of nitrogens with one attached hydrogen (secondary N) is 1. The van der Waals surface area contributed by atoms with Crippen molar-refractivity contribution in [3.63, 3.8) is 0 Å². The second kappa shape index (κ2) is 7.34. The van der Waals surface area contributed by atoms with Gasteiger partial charge in [0, 0.05) is 5.03 Å². The van der Waals surface area contributed by atoms with Crippen LogP contribution < -0.4 is 5.32 Å². The predicted molar refractivity (Wildman–Crippen MR) is 80.6 cm³/mol. The quantitative estimate of drug-likeness (QED) is 0.846. The third-order valence-electron chi connectivity index (χ3n) is 3.39. The molecular formula is C16H20ClNO2. The summed E-state index contributed by atoms with van der Waals surface area (Å²) in [6.45, 7) is 2.12. The number of rotatable bonds is 6. The zero-order valence-electron chi connectivity index (χ0n) is 11.7. The van der Waals surface area contributed by atoms with Crippen LogP contribution in [0.4, 0.5) is 4.79 Å². The second-order valence-electron chi connectivity index (χ2n) is 4.97. The van der Waals surface area contributed by atoms with Gasteiger partial charge in [0.25, 0.3) is 0 Å². The molecular weight excluding hydrogens is 274 g/mol. The van der Waals surface area contributed by atoms with Crippen molar-refractivity contribution >= 4 is 17.7 Å². The number of carbonyl (C=O) groups is 1. The Morgan fingerprint density at radius 3 is 2.80 bits per heavy atom. The molecule has 1 aromatic rings. The van der Waals surface area contributed by atoms with Crippen LogP contribution in [0.1, 0.15) is 38.2 Å². The summed E-state index contributed by atoms with van der Waals surface area (Å²) in [6, 6.07) is 10.2. The minimum absolute atomic E-state index is 0.243. The van der Waals surface area contributed by atoms with Crippen molar-refractivity contribution in [3.05, 3.63) is 46.6 Å². The summed E-state index contributed by atoms with van der Waals surface area (Å²) in [5, 5.41) is 3.45. The molecule has 1 atom stereocenters. The summed E-state index contributed by atoms with van der Waals surface area (Å²) in [7, 11) is 0. The molecule has 1 amide bonds. The molecule has 1 saturated heterocycles. The van der Waals surface area contributed by atoms with E-state index in [0.29, 0.717) is 0 Å². The molecule has 0 bridgehead atoms. The lowest BCUT2D eigenvalue weighted by atomic mass is 10.0. The molecule has 1 unspecified atom stereocenters. The summed E-state index contributed by atoms with van der Waals surface area (Å²) >= 11 is 6.29. The van der Waals surface area contributed by atoms with Crippen molar-refractivity contribution in [2.45, 2.75) is 45.1 Å². The van der Waals surface area contributed by atoms with Crippen LogP contribution in [0, 0.1) is 0 Å². The molecule has 1 N–H and O–H groups in total. The van der Waals surface area contributed by atoms with Crippen LogP contribution in [0.25, 0.3) is 0 Å². The van der Waals surface area contributed by atoms with E-state index < -0.39 is 6.09 Å². The molecule has 1 heterocycles. The molecule has 1 aliphatic heterocycles. The van der Waals surface area contributed by atoms with Crippen LogP contribution in [0.5, 0.6) is 0 Å². The van der Waals surface area contributed by atoms with Crippen molar-refractivity contribution in [3.8, 4) is 0 Å². The maximum atomic E-state index is 11.4. The lowest BCUT2D eigenvalue weighted by Gasteiger charge is -2.11. The number of ether oxygens (including phenoxy) is 1. The summed E-state index contributed by atoms with van der Waals surface area (Å²) < 4.78 is 5.30. The highest BCUT2D eigenvalue weighted by atomic mass is 35.5. The van der Waals surface area contributed by atoms with Crippen molar-refractivity contribution in [2.24, 2.45) is 0 Å². The summed E-state index contributed by atoms with van der Waals surface area (Å²) in [6.07, 6.45) is 3.86. The second-order valence-corrected chi connectivity index (χ2v) is 5.42. The number of cyclic esters (lactones) is 1. The van der Waals surface area contributed by atoms with E-state index in [1.807, 2.05) is 18.2 Å². The number of hydrogen-bond donors (Lipinski definition) is 1. The monoisotopic (exact) mass is 293 g/mol. The van der Waals surface area contributed by atoms with E-state index in [0.717, 1.165) is 42.8 Å². The highest BCUT2D eigenvalue weighted by Crippen LogP contribution is 2.26. The highest BCUT2D eigenvalue weighted by Gasteiger charge is 2.30. The molecule has 20 heavy (non-hydrogen) atoms. The molecule has 1 aliphatic rings. The minimum Gasteiger partial charge on any atom is -0.440 e. The molecule has 0 aromatic heterocycles. The number of benzene rings is 1. The molecule has 3 nitrogen and oxygen atoms in total. The number of allylic oxidation sites excluding steroid dienone is 1. The zero-order valence-corrected chi connectivity index (χ0v) is 12.5. The lowest BCUT2D eigenvalue weighted by molar-refractivity contribution is 0.141. The average Bonchev–Trinajstić information content (AvgIpc) is 2.85. The standard InChI is InChI=1S/C16H20ClNO2/c1-2-3-9-13(17)15-14(20-16(19)18-15)11-10-12-7-5-4-6-8-12/h4-8,14H,2-3,9-11H2,1H3,(H,18,19)/b15-13+. The number of unbranched alkanes of at least 4 members (excludes halogenated alkanes) is 1. The smallest absolute Gasteiger partial charge is 0.412 e. The fourth-order valence-electron chi connectivity index (χ4n) is 2.26. The Balaban J connectivity index is 1.99. The number of halogens is 1. The van der Waals surface area contributed by atoms with Gasteiger partial charge in [0.1, 0.15) is 6.10 Å². The summed E-state index contributed by atoms with van der Waals surface area (Å²) in [5.41, 5.74) is 1.99. The molecule has 0 aliphatic carbocycles. The minimum atomic E-state index is -0.396. The van der Waals surface area contributed by atoms with E-state index in [2.05, 4.69) is 24.4 Å². The molecule has 4 heteroatoms. The van der Waals surface area contributed by atoms with Gasteiger partial charge in [-0.15, -0.1) is 0 Å². The molecule has 1 fully saturated rings. The van der Waals surface area contributed by atoms with E-state index in [4.69, 9.17) is 16.3 Å². The Hall–Kier alpha value is -1.48. The number of hydrogen-bond acceptors (Lipinski definition) is 2. The van der Waals surface area contributed by atoms with Crippen LogP contribution in [0.3, 0.4) is 0 Å². The van der Waals surface area contributed by atoms with Gasteiger partial charge >= 0.3 is 6.09 Å². The highest BCUT2D eigenvalue weighted by molar-refractivity contribution is 6.30. The van der Waals surface area contributed by atoms with Gasteiger partial charge in [-0.05, 0) is 31.2 Å². The van der Waals surface area contributed by atoms with Gasteiger partial charge in [0.05, 0.1) is 5.70 Å². The first-order chi connectivity index (χ1) is 9.70. The third-order valence-corrected chi connectivity index (χ3v) is 3.78. The summed E-state index contributed by atoms with van der Waals surface area (Å²) in [5.74, 6) is 0. The topological polar surface area (TPSA) is 38.3 Å². The van der Waals surface area contributed by atoms with E-state index in [9.17, 15) is 4.79 Å². The van der Waals surface area contributed by atoms with E-state index in [1.54, 1.807) is 0 Å². The van der Waals surface area contributed by atoms with Gasteiger partial charge in [0.15, 0.2) is 0 Å². The Morgan fingerprint density at radius 2 is 2.10 bits per heavy atom.